The third-order valence-electron chi connectivity index (χ3n) is 3.69. The number of aromatic nitrogens is 1. The summed E-state index contributed by atoms with van der Waals surface area (Å²) in [4.78, 5) is 4.34. The van der Waals surface area contributed by atoms with Gasteiger partial charge < -0.3 is 15.2 Å². The van der Waals surface area contributed by atoms with Crippen molar-refractivity contribution in [2.75, 3.05) is 7.11 Å². The van der Waals surface area contributed by atoms with E-state index in [1.165, 1.54) is 0 Å². The van der Waals surface area contributed by atoms with Crippen molar-refractivity contribution < 1.29 is 9.47 Å². The Labute approximate surface area is 112 Å². The summed E-state index contributed by atoms with van der Waals surface area (Å²) in [6.07, 6.45) is 5.08. The van der Waals surface area contributed by atoms with Crippen LogP contribution in [0.25, 0.3) is 10.9 Å². The highest BCUT2D eigenvalue weighted by Gasteiger charge is 2.26. The molecule has 3 rings (SSSR count). The Balaban J connectivity index is 1.97. The van der Waals surface area contributed by atoms with E-state index in [1.54, 1.807) is 13.3 Å². The fourth-order valence-electron chi connectivity index (χ4n) is 2.59. The summed E-state index contributed by atoms with van der Waals surface area (Å²) in [5.41, 5.74) is 6.97. The summed E-state index contributed by atoms with van der Waals surface area (Å²) in [5.74, 6) is 1.65. The van der Waals surface area contributed by atoms with Gasteiger partial charge in [0.2, 0.25) is 0 Å². The number of pyridine rings is 1. The lowest BCUT2D eigenvalue weighted by atomic mass is 10.2. The summed E-state index contributed by atoms with van der Waals surface area (Å²) >= 11 is 0. The molecule has 100 valence electrons. The molecule has 0 unspecified atom stereocenters. The zero-order valence-corrected chi connectivity index (χ0v) is 11.0. The summed E-state index contributed by atoms with van der Waals surface area (Å²) < 4.78 is 11.3. The van der Waals surface area contributed by atoms with Gasteiger partial charge in [-0.15, -0.1) is 0 Å². The molecule has 2 atom stereocenters. The van der Waals surface area contributed by atoms with Gasteiger partial charge in [0.1, 0.15) is 17.6 Å². The molecule has 0 spiro atoms. The minimum Gasteiger partial charge on any atom is -0.497 e. The third kappa shape index (κ3) is 2.36. The van der Waals surface area contributed by atoms with Gasteiger partial charge in [0.25, 0.3) is 0 Å². The lowest BCUT2D eigenvalue weighted by Gasteiger charge is -2.19. The zero-order valence-electron chi connectivity index (χ0n) is 11.0. The molecule has 1 heterocycles. The first-order chi connectivity index (χ1) is 9.28. The van der Waals surface area contributed by atoms with Gasteiger partial charge in [-0.2, -0.15) is 0 Å². The van der Waals surface area contributed by atoms with Crippen LogP contribution >= 0.6 is 0 Å². The Bertz CT molecular complexity index is 585. The van der Waals surface area contributed by atoms with Gasteiger partial charge in [0, 0.05) is 17.6 Å². The second kappa shape index (κ2) is 5.05. The number of benzene rings is 1. The standard InChI is InChI=1S/C15H18N2O2/c1-18-10-5-6-13-11(9-10)14(7-8-17-13)19-15-4-2-3-12(15)16/h5-9,12,15H,2-4,16H2,1H3/t12-,15-/m1/s1. The smallest absolute Gasteiger partial charge is 0.130 e. The molecule has 1 fully saturated rings. The van der Waals surface area contributed by atoms with E-state index >= 15 is 0 Å². The SMILES string of the molecule is COc1ccc2nccc(O[C@@H]3CCC[C@H]3N)c2c1. The molecule has 1 aliphatic rings. The molecule has 0 radical (unpaired) electrons. The molecule has 1 aromatic heterocycles. The molecule has 0 amide bonds. The van der Waals surface area contributed by atoms with Crippen LogP contribution in [-0.4, -0.2) is 24.2 Å². The second-order valence-electron chi connectivity index (χ2n) is 4.94. The molecule has 4 heteroatoms. The van der Waals surface area contributed by atoms with Crippen molar-refractivity contribution in [2.24, 2.45) is 5.73 Å². The van der Waals surface area contributed by atoms with Crippen molar-refractivity contribution in [3.05, 3.63) is 30.5 Å². The fourth-order valence-corrected chi connectivity index (χ4v) is 2.59. The molecule has 4 nitrogen and oxygen atoms in total. The van der Waals surface area contributed by atoms with Crippen molar-refractivity contribution in [1.82, 2.24) is 4.98 Å². The highest BCUT2D eigenvalue weighted by atomic mass is 16.5. The van der Waals surface area contributed by atoms with Gasteiger partial charge in [-0.3, -0.25) is 4.98 Å². The lowest BCUT2D eigenvalue weighted by molar-refractivity contribution is 0.194. The van der Waals surface area contributed by atoms with Crippen LogP contribution in [0.15, 0.2) is 30.5 Å². The van der Waals surface area contributed by atoms with Gasteiger partial charge >= 0.3 is 0 Å². The van der Waals surface area contributed by atoms with Crippen molar-refractivity contribution in [2.45, 2.75) is 31.4 Å². The van der Waals surface area contributed by atoms with Crippen LogP contribution in [0.5, 0.6) is 11.5 Å². The van der Waals surface area contributed by atoms with Crippen LogP contribution in [0.3, 0.4) is 0 Å². The van der Waals surface area contributed by atoms with Crippen molar-refractivity contribution in [3.63, 3.8) is 0 Å². The largest absolute Gasteiger partial charge is 0.497 e. The maximum absolute atomic E-state index is 6.08. The molecule has 0 saturated heterocycles. The van der Waals surface area contributed by atoms with Gasteiger partial charge in [0.05, 0.1) is 12.6 Å². The second-order valence-corrected chi connectivity index (χ2v) is 4.94. The van der Waals surface area contributed by atoms with E-state index in [0.29, 0.717) is 0 Å². The summed E-state index contributed by atoms with van der Waals surface area (Å²) in [7, 11) is 1.66. The normalized spacial score (nSPS) is 22.6. The highest BCUT2D eigenvalue weighted by molar-refractivity contribution is 5.86. The van der Waals surface area contributed by atoms with Crippen LogP contribution < -0.4 is 15.2 Å². The van der Waals surface area contributed by atoms with Crippen LogP contribution in [0, 0.1) is 0 Å². The molecule has 1 saturated carbocycles. The van der Waals surface area contributed by atoms with E-state index in [1.807, 2.05) is 24.3 Å². The molecule has 0 bridgehead atoms. The molecular formula is C15H18N2O2. The predicted octanol–water partition coefficient (Wildman–Crippen LogP) is 2.50. The number of hydrogen-bond acceptors (Lipinski definition) is 4. The number of ether oxygens (including phenoxy) is 2. The van der Waals surface area contributed by atoms with Crippen LogP contribution in [0.2, 0.25) is 0 Å². The van der Waals surface area contributed by atoms with E-state index < -0.39 is 0 Å². The van der Waals surface area contributed by atoms with Crippen LogP contribution in [-0.2, 0) is 0 Å². The molecule has 2 aromatic rings. The first-order valence-corrected chi connectivity index (χ1v) is 6.63. The Hall–Kier alpha value is -1.81. The molecule has 19 heavy (non-hydrogen) atoms. The number of nitrogens with zero attached hydrogens (tertiary/aromatic N) is 1. The molecule has 0 aliphatic heterocycles. The summed E-state index contributed by atoms with van der Waals surface area (Å²) in [6.45, 7) is 0. The maximum Gasteiger partial charge on any atom is 0.130 e. The van der Waals surface area contributed by atoms with E-state index in [4.69, 9.17) is 15.2 Å². The minimum absolute atomic E-state index is 0.108. The Morgan fingerprint density at radius 3 is 2.89 bits per heavy atom. The number of nitrogens with two attached hydrogens (primary N) is 1. The van der Waals surface area contributed by atoms with Crippen LogP contribution in [0.4, 0.5) is 0 Å². The molecule has 1 aromatic carbocycles. The average Bonchev–Trinajstić information content (AvgIpc) is 2.84. The third-order valence-corrected chi connectivity index (χ3v) is 3.69. The van der Waals surface area contributed by atoms with Crippen molar-refractivity contribution >= 4 is 10.9 Å². The quantitative estimate of drug-likeness (QED) is 0.919. The number of methoxy groups -OCH3 is 1. The topological polar surface area (TPSA) is 57.4 Å². The van der Waals surface area contributed by atoms with Crippen molar-refractivity contribution in [1.29, 1.82) is 0 Å². The summed E-state index contributed by atoms with van der Waals surface area (Å²) in [6, 6.07) is 7.83. The molecule has 2 N–H and O–H groups in total. The Morgan fingerprint density at radius 1 is 1.26 bits per heavy atom. The van der Waals surface area contributed by atoms with Crippen molar-refractivity contribution in [3.8, 4) is 11.5 Å². The van der Waals surface area contributed by atoms with E-state index in [-0.39, 0.29) is 12.1 Å². The monoisotopic (exact) mass is 258 g/mol. The first-order valence-electron chi connectivity index (χ1n) is 6.63. The minimum atomic E-state index is 0.108. The molecular weight excluding hydrogens is 240 g/mol. The van der Waals surface area contributed by atoms with Gasteiger partial charge in [0.15, 0.2) is 0 Å². The molecule has 1 aliphatic carbocycles. The van der Waals surface area contributed by atoms with E-state index in [0.717, 1.165) is 41.7 Å². The zero-order chi connectivity index (χ0) is 13.2. The number of rotatable bonds is 3. The average molecular weight is 258 g/mol. The fraction of sp³-hybridized carbons (Fsp3) is 0.400. The van der Waals surface area contributed by atoms with Gasteiger partial charge in [-0.05, 0) is 43.5 Å². The Kier molecular flexibility index (Phi) is 3.25. The number of fused-ring (bicyclic) bond motifs is 1. The number of hydrogen-bond donors (Lipinski definition) is 1. The van der Waals surface area contributed by atoms with Gasteiger partial charge in [-0.1, -0.05) is 0 Å². The van der Waals surface area contributed by atoms with Crippen LogP contribution in [0.1, 0.15) is 19.3 Å². The summed E-state index contributed by atoms with van der Waals surface area (Å²) in [5, 5.41) is 0.973. The van der Waals surface area contributed by atoms with E-state index in [9.17, 15) is 0 Å². The Morgan fingerprint density at radius 2 is 2.16 bits per heavy atom. The maximum atomic E-state index is 6.08. The lowest BCUT2D eigenvalue weighted by Crippen LogP contribution is -2.33. The highest BCUT2D eigenvalue weighted by Crippen LogP contribution is 2.31. The predicted molar refractivity (Wildman–Crippen MR) is 74.5 cm³/mol. The van der Waals surface area contributed by atoms with Gasteiger partial charge in [-0.25, -0.2) is 0 Å². The first kappa shape index (κ1) is 12.2. The van der Waals surface area contributed by atoms with E-state index in [2.05, 4.69) is 4.98 Å².